The summed E-state index contributed by atoms with van der Waals surface area (Å²) in [7, 11) is 5.86. The van der Waals surface area contributed by atoms with E-state index in [0.29, 0.717) is 0 Å². The van der Waals surface area contributed by atoms with Crippen molar-refractivity contribution in [2.75, 3.05) is 31.2 Å². The van der Waals surface area contributed by atoms with Gasteiger partial charge in [-0.25, -0.2) is 20.2 Å². The third kappa shape index (κ3) is 27.3. The van der Waals surface area contributed by atoms with E-state index in [2.05, 4.69) is 251 Å². The van der Waals surface area contributed by atoms with Crippen LogP contribution in [0.1, 0.15) is 192 Å². The van der Waals surface area contributed by atoms with Crippen molar-refractivity contribution in [1.29, 1.82) is 0 Å². The number of anilines is 2. The van der Waals surface area contributed by atoms with Crippen LogP contribution in [0.25, 0.3) is 53.1 Å². The van der Waals surface area contributed by atoms with Crippen molar-refractivity contribution >= 4 is 93.6 Å². The smallest absolute Gasteiger partial charge is 0.205 e. The van der Waals surface area contributed by atoms with Gasteiger partial charge in [0.05, 0.1) is 26.5 Å². The van der Waals surface area contributed by atoms with Crippen LogP contribution >= 0.6 is 22.7 Å². The van der Waals surface area contributed by atoms with Gasteiger partial charge < -0.3 is 5.01 Å². The Kier molecular flexibility index (Phi) is 53.4. The Balaban J connectivity index is -0.00000119. The van der Waals surface area contributed by atoms with E-state index in [1.165, 1.54) is 75.5 Å². The minimum absolute atomic E-state index is 0. The van der Waals surface area contributed by atoms with Gasteiger partial charge in [0, 0.05) is 130 Å². The van der Waals surface area contributed by atoms with Crippen LogP contribution in [-0.2, 0) is 98.1 Å². The maximum absolute atomic E-state index is 4.80. The number of thiazole rings is 2. The maximum Gasteiger partial charge on any atom is 0.205 e. The molecule has 96 heavy (non-hydrogen) atoms. The summed E-state index contributed by atoms with van der Waals surface area (Å²) in [5, 5.41) is 25.8. The van der Waals surface area contributed by atoms with Gasteiger partial charge >= 0.3 is 0 Å². The average molecular weight is 1550 g/mol. The van der Waals surface area contributed by atoms with Gasteiger partial charge in [0.15, 0.2) is 0 Å². The Morgan fingerprint density at radius 2 is 0.719 bits per heavy atom. The van der Waals surface area contributed by atoms with Crippen LogP contribution in [0.3, 0.4) is 0 Å². The molecule has 12 rings (SSSR count). The summed E-state index contributed by atoms with van der Waals surface area (Å²) in [5.74, 6) is 0. The predicted octanol–water partition coefficient (Wildman–Crippen LogP) is 25.3. The number of aryl methyl sites for hydroxylation is 6. The van der Waals surface area contributed by atoms with Crippen molar-refractivity contribution in [2.24, 2.45) is 15.3 Å². The molecule has 0 unspecified atom stereocenters. The minimum atomic E-state index is 0. The molecule has 0 saturated heterocycles. The molecule has 2 aromatic heterocycles. The molecule has 8 nitrogen and oxygen atoms in total. The molecule has 9 aromatic carbocycles. The largest absolute Gasteiger partial charge is 0.300 e. The molecule has 1 aliphatic rings. The molecule has 0 amide bonds. The Labute approximate surface area is 666 Å². The van der Waals surface area contributed by atoms with E-state index in [1.54, 1.807) is 32.7 Å². The summed E-state index contributed by atoms with van der Waals surface area (Å²) in [6, 6.07) is 61.5. The fourth-order valence-corrected chi connectivity index (χ4v) is 11.1. The summed E-state index contributed by atoms with van der Waals surface area (Å²) >= 11 is 3.30. The molecule has 0 bridgehead atoms. The first kappa shape index (κ1) is 95.2. The number of fused-ring (bicyclic) bond motifs is 9. The van der Waals surface area contributed by atoms with E-state index in [0.717, 1.165) is 49.1 Å². The fraction of sp³-hybridized carbons (Fsp3) is 0.337. The molecule has 0 spiro atoms. The first-order chi connectivity index (χ1) is 45.4. The molecule has 13 heteroatoms. The molecule has 0 saturated carbocycles. The van der Waals surface area contributed by atoms with E-state index in [1.807, 2.05) is 151 Å². The zero-order valence-corrected chi connectivity index (χ0v) is 73.6. The monoisotopic (exact) mass is 1550 g/mol. The third-order valence-corrected chi connectivity index (χ3v) is 15.7. The number of hydrazone groups is 3. The normalized spacial score (nSPS) is 10.0. The van der Waals surface area contributed by atoms with E-state index in [-0.39, 0.29) is 104 Å². The molecule has 0 atom stereocenters. The van der Waals surface area contributed by atoms with Gasteiger partial charge in [0.25, 0.3) is 0 Å². The van der Waals surface area contributed by atoms with Gasteiger partial charge in [-0.15, -0.1) is 34.9 Å². The van der Waals surface area contributed by atoms with Crippen LogP contribution in [0, 0.1) is 41.5 Å². The van der Waals surface area contributed by atoms with Gasteiger partial charge in [-0.2, -0.15) is 51.6 Å². The summed E-state index contributed by atoms with van der Waals surface area (Å²) in [6.07, 6.45) is 9.55. The van der Waals surface area contributed by atoms with E-state index in [9.17, 15) is 0 Å². The van der Waals surface area contributed by atoms with E-state index in [4.69, 9.17) is 9.97 Å². The standard InChI is InChI=1S/C23H21N2.2C21H18N3S.9C2H6.3Y/c1-16-12-13-17(2)18(14-16)15-24-25(3)23-21-10-6-4-8-19(21)20-9-5-7-11-22(20)23;1-14-8-9-15(2)17(12-14)13-22-24(3)21-23-20-18-7-5-4-6-16(18)10-11-19(20)25-21;1-14-8-9-15(2)17(12-14)13-22-24(3)21-23-19-11-10-16-6-4-5-7-18(16)20(19)25-21;9*1-2;;;/h4-14,23H,1-3H3;2*4-12H,1-3H3;9*1-2H3;;;/q3*-1;;;;;;;;;;;;. The van der Waals surface area contributed by atoms with Gasteiger partial charge in [-0.05, 0) is 63.8 Å². The Morgan fingerprint density at radius 3 is 1.16 bits per heavy atom. The van der Waals surface area contributed by atoms with Crippen molar-refractivity contribution in [3.8, 4) is 11.1 Å². The Morgan fingerprint density at radius 1 is 0.365 bits per heavy atom. The SMILES string of the molecule is CC.CC.CC.CC.CC.CC.CC.CC.CC.Cc1ccc(C)c([C-]=NN(C)C2c3ccccc3-c3ccccc32)c1.Cc1ccc(C)c([C-]=NN(C)c2nc3c(ccc4ccccc43)s2)c1.Cc1ccc(C)c([C-]=NN(C)c2nc3ccc4ccccc4c3s2)c1.[Y].[Y].[Y]. The summed E-state index contributed by atoms with van der Waals surface area (Å²) < 4.78 is 2.37. The Hall–Kier alpha value is -5.00. The number of rotatable bonds is 9. The van der Waals surface area contributed by atoms with E-state index < -0.39 is 0 Å². The number of aromatic nitrogens is 2. The van der Waals surface area contributed by atoms with Crippen molar-refractivity contribution in [2.45, 2.75) is 172 Å². The van der Waals surface area contributed by atoms with Crippen LogP contribution in [0.5, 0.6) is 0 Å². The van der Waals surface area contributed by atoms with Crippen LogP contribution in [0.4, 0.5) is 10.3 Å². The van der Waals surface area contributed by atoms with E-state index >= 15 is 0 Å². The first-order valence-electron chi connectivity index (χ1n) is 34.0. The molecular formula is C83H111N8S2Y3-3. The van der Waals surface area contributed by atoms with Crippen LogP contribution in [-0.4, -0.2) is 54.8 Å². The summed E-state index contributed by atoms with van der Waals surface area (Å²) in [4.78, 5) is 9.53. The molecule has 0 fully saturated rings. The van der Waals surface area contributed by atoms with Crippen molar-refractivity contribution in [3.05, 3.63) is 237 Å². The molecular weight excluding hydrogens is 1440 g/mol. The maximum atomic E-state index is 4.80. The molecule has 2 heterocycles. The molecule has 0 aliphatic heterocycles. The van der Waals surface area contributed by atoms with Crippen molar-refractivity contribution < 1.29 is 98.1 Å². The number of hydrogen-bond acceptors (Lipinski definition) is 10. The van der Waals surface area contributed by atoms with Gasteiger partial charge in [-0.3, -0.25) is 15.1 Å². The number of hydrogen-bond donors (Lipinski definition) is 0. The second-order valence-corrected chi connectivity index (χ2v) is 21.0. The summed E-state index contributed by atoms with van der Waals surface area (Å²) in [5.41, 5.74) is 17.5. The second-order valence-electron chi connectivity index (χ2n) is 19.0. The average Bonchev–Trinajstić information content (AvgIpc) is 1.62. The zero-order chi connectivity index (χ0) is 70.2. The molecule has 3 radical (unpaired) electrons. The predicted molar refractivity (Wildman–Crippen MR) is 422 cm³/mol. The van der Waals surface area contributed by atoms with Crippen LogP contribution in [0.2, 0.25) is 0 Å². The molecule has 507 valence electrons. The first-order valence-corrected chi connectivity index (χ1v) is 35.6. The van der Waals surface area contributed by atoms with Gasteiger partial charge in [0.1, 0.15) is 0 Å². The van der Waals surface area contributed by atoms with Crippen molar-refractivity contribution in [1.82, 2.24) is 15.0 Å². The fourth-order valence-electron chi connectivity index (χ4n) is 9.20. The van der Waals surface area contributed by atoms with Crippen LogP contribution < -0.4 is 10.0 Å². The van der Waals surface area contributed by atoms with Gasteiger partial charge in [-0.1, -0.05) is 316 Å². The minimum Gasteiger partial charge on any atom is -0.300 e. The summed E-state index contributed by atoms with van der Waals surface area (Å²) in [6.45, 7) is 48.5. The molecule has 11 aromatic rings. The molecule has 1 aliphatic carbocycles. The zero-order valence-electron chi connectivity index (χ0n) is 63.4. The van der Waals surface area contributed by atoms with Crippen LogP contribution in [0.15, 0.2) is 191 Å². The number of benzene rings is 9. The second kappa shape index (κ2) is 53.9. The molecule has 0 N–H and O–H groups in total. The topological polar surface area (TPSA) is 72.6 Å². The van der Waals surface area contributed by atoms with Gasteiger partial charge in [0.2, 0.25) is 10.3 Å². The number of nitrogens with zero attached hydrogens (tertiary/aromatic N) is 8. The van der Waals surface area contributed by atoms with Crippen molar-refractivity contribution in [3.63, 3.8) is 0 Å². The Bertz CT molecular complexity index is 3760. The quantitative estimate of drug-likeness (QED) is 0.0818. The third-order valence-electron chi connectivity index (χ3n) is 13.4.